The maximum atomic E-state index is 12.9. The number of hydrogen-bond donors (Lipinski definition) is 2. The second-order valence-corrected chi connectivity index (χ2v) is 8.08. The van der Waals surface area contributed by atoms with E-state index < -0.39 is 10.0 Å². The minimum Gasteiger partial charge on any atom is -0.497 e. The lowest BCUT2D eigenvalue weighted by Gasteiger charge is -2.13. The first kappa shape index (κ1) is 21.9. The molecule has 3 aromatic rings. The third kappa shape index (κ3) is 5.86. The van der Waals surface area contributed by atoms with Gasteiger partial charge in [0.2, 0.25) is 5.91 Å². The van der Waals surface area contributed by atoms with Crippen molar-refractivity contribution in [2.24, 2.45) is 0 Å². The van der Waals surface area contributed by atoms with Gasteiger partial charge in [-0.1, -0.05) is 30.3 Å². The number of hydrogen-bond acceptors (Lipinski definition) is 5. The van der Waals surface area contributed by atoms with Crippen LogP contribution in [0.3, 0.4) is 0 Å². The lowest BCUT2D eigenvalue weighted by molar-refractivity contribution is -0.111. The molecule has 0 aliphatic carbocycles. The van der Waals surface area contributed by atoms with Gasteiger partial charge in [-0.2, -0.15) is 0 Å². The number of amides is 1. The number of sulfonamides is 1. The van der Waals surface area contributed by atoms with Gasteiger partial charge in [0, 0.05) is 17.5 Å². The molecule has 1 amide bonds. The van der Waals surface area contributed by atoms with E-state index >= 15 is 0 Å². The topological polar surface area (TPSA) is 93.7 Å². The van der Waals surface area contributed by atoms with Crippen LogP contribution in [0.25, 0.3) is 6.08 Å². The number of ether oxygens (including phenoxy) is 2. The lowest BCUT2D eigenvalue weighted by atomic mass is 10.2. The predicted octanol–water partition coefficient (Wildman–Crippen LogP) is 4.16. The van der Waals surface area contributed by atoms with Crippen LogP contribution in [0.4, 0.5) is 11.4 Å². The highest BCUT2D eigenvalue weighted by Gasteiger charge is 2.21. The Bertz CT molecular complexity index is 1170. The fourth-order valence-electron chi connectivity index (χ4n) is 2.75. The van der Waals surface area contributed by atoms with Crippen LogP contribution in [0.1, 0.15) is 5.56 Å². The quantitative estimate of drug-likeness (QED) is 0.515. The summed E-state index contributed by atoms with van der Waals surface area (Å²) < 4.78 is 38.7. The van der Waals surface area contributed by atoms with Gasteiger partial charge in [0.1, 0.15) is 16.4 Å². The Morgan fingerprint density at radius 1 is 0.871 bits per heavy atom. The zero-order valence-corrected chi connectivity index (χ0v) is 17.8. The van der Waals surface area contributed by atoms with E-state index in [-0.39, 0.29) is 16.6 Å². The molecule has 0 fully saturated rings. The first-order chi connectivity index (χ1) is 14.9. The monoisotopic (exact) mass is 438 g/mol. The van der Waals surface area contributed by atoms with Gasteiger partial charge >= 0.3 is 0 Å². The Morgan fingerprint density at radius 3 is 2.19 bits per heavy atom. The standard InChI is InChI=1S/C23H22N2O5S/c1-29-20-12-9-18(10-13-20)25-31(27,28)22-16-19(11-14-21(22)30-2)24-23(26)15-8-17-6-4-3-5-7-17/h3-16,25H,1-2H3,(H,24,26)/b15-8+. The van der Waals surface area contributed by atoms with Gasteiger partial charge in [0.25, 0.3) is 10.0 Å². The fraction of sp³-hybridized carbons (Fsp3) is 0.0870. The van der Waals surface area contributed by atoms with Gasteiger partial charge in [-0.15, -0.1) is 0 Å². The molecule has 0 aromatic heterocycles. The molecule has 0 spiro atoms. The van der Waals surface area contributed by atoms with Crippen LogP contribution in [-0.4, -0.2) is 28.5 Å². The second-order valence-electron chi connectivity index (χ2n) is 6.43. The Morgan fingerprint density at radius 2 is 1.55 bits per heavy atom. The second kappa shape index (κ2) is 9.82. The Balaban J connectivity index is 1.80. The average molecular weight is 439 g/mol. The highest BCUT2D eigenvalue weighted by molar-refractivity contribution is 7.92. The van der Waals surface area contributed by atoms with Crippen molar-refractivity contribution >= 4 is 33.4 Å². The summed E-state index contributed by atoms with van der Waals surface area (Å²) in [7, 11) is -1.07. The number of methoxy groups -OCH3 is 2. The van der Waals surface area contributed by atoms with Crippen molar-refractivity contribution in [3.05, 3.63) is 84.4 Å². The molecule has 3 aromatic carbocycles. The van der Waals surface area contributed by atoms with Gasteiger partial charge in [0.15, 0.2) is 0 Å². The van der Waals surface area contributed by atoms with Crippen LogP contribution in [0.2, 0.25) is 0 Å². The lowest BCUT2D eigenvalue weighted by Crippen LogP contribution is -2.15. The molecule has 8 heteroatoms. The van der Waals surface area contributed by atoms with Crippen LogP contribution < -0.4 is 19.5 Å². The Kier molecular flexibility index (Phi) is 6.94. The highest BCUT2D eigenvalue weighted by Crippen LogP contribution is 2.29. The minimum absolute atomic E-state index is 0.101. The molecule has 0 saturated heterocycles. The summed E-state index contributed by atoms with van der Waals surface area (Å²) in [4.78, 5) is 12.1. The van der Waals surface area contributed by atoms with E-state index in [1.807, 2.05) is 30.3 Å². The summed E-state index contributed by atoms with van der Waals surface area (Å²) in [5.74, 6) is 0.369. The Hall–Kier alpha value is -3.78. The van der Waals surface area contributed by atoms with E-state index in [0.717, 1.165) is 5.56 Å². The van der Waals surface area contributed by atoms with Gasteiger partial charge in [-0.05, 0) is 54.1 Å². The molecule has 7 nitrogen and oxygen atoms in total. The van der Waals surface area contributed by atoms with Crippen LogP contribution in [0, 0.1) is 0 Å². The normalized spacial score (nSPS) is 11.2. The van der Waals surface area contributed by atoms with Crippen molar-refractivity contribution in [3.8, 4) is 11.5 Å². The van der Waals surface area contributed by atoms with Crippen molar-refractivity contribution in [2.45, 2.75) is 4.90 Å². The fourth-order valence-corrected chi connectivity index (χ4v) is 4.01. The molecule has 0 heterocycles. The van der Waals surface area contributed by atoms with E-state index in [9.17, 15) is 13.2 Å². The van der Waals surface area contributed by atoms with E-state index in [0.29, 0.717) is 17.1 Å². The Labute approximate surface area is 181 Å². The summed E-state index contributed by atoms with van der Waals surface area (Å²) in [5.41, 5.74) is 1.56. The number of carbonyl (C=O) groups is 1. The zero-order valence-electron chi connectivity index (χ0n) is 17.0. The van der Waals surface area contributed by atoms with Crippen molar-refractivity contribution < 1.29 is 22.7 Å². The molecule has 3 rings (SSSR count). The summed E-state index contributed by atoms with van der Waals surface area (Å²) in [6, 6.07) is 20.2. The van der Waals surface area contributed by atoms with Gasteiger partial charge in [-0.25, -0.2) is 8.42 Å². The van der Waals surface area contributed by atoms with E-state index in [1.165, 1.54) is 32.4 Å². The first-order valence-electron chi connectivity index (χ1n) is 9.30. The molecule has 0 aliphatic rings. The van der Waals surface area contributed by atoms with Crippen molar-refractivity contribution in [2.75, 3.05) is 24.3 Å². The van der Waals surface area contributed by atoms with Crippen LogP contribution in [0.5, 0.6) is 11.5 Å². The highest BCUT2D eigenvalue weighted by atomic mass is 32.2. The maximum absolute atomic E-state index is 12.9. The zero-order chi connectivity index (χ0) is 22.3. The molecule has 0 radical (unpaired) electrons. The van der Waals surface area contributed by atoms with Crippen LogP contribution in [-0.2, 0) is 14.8 Å². The molecule has 0 atom stereocenters. The predicted molar refractivity (Wildman–Crippen MR) is 121 cm³/mol. The summed E-state index contributed by atoms with van der Waals surface area (Å²) >= 11 is 0. The summed E-state index contributed by atoms with van der Waals surface area (Å²) in [6.45, 7) is 0. The van der Waals surface area contributed by atoms with Gasteiger partial charge in [0.05, 0.1) is 14.2 Å². The van der Waals surface area contributed by atoms with Gasteiger partial charge < -0.3 is 14.8 Å². The van der Waals surface area contributed by atoms with Crippen molar-refractivity contribution in [3.63, 3.8) is 0 Å². The van der Waals surface area contributed by atoms with Crippen molar-refractivity contribution in [1.82, 2.24) is 0 Å². The molecule has 31 heavy (non-hydrogen) atoms. The number of rotatable bonds is 8. The van der Waals surface area contributed by atoms with E-state index in [4.69, 9.17) is 9.47 Å². The summed E-state index contributed by atoms with van der Waals surface area (Å²) in [6.07, 6.45) is 3.05. The molecule has 0 saturated carbocycles. The average Bonchev–Trinajstić information content (AvgIpc) is 2.78. The molecular formula is C23H22N2O5S. The van der Waals surface area contributed by atoms with Crippen LogP contribution in [0.15, 0.2) is 83.8 Å². The van der Waals surface area contributed by atoms with Crippen molar-refractivity contribution in [1.29, 1.82) is 0 Å². The summed E-state index contributed by atoms with van der Waals surface area (Å²) in [5, 5.41) is 2.66. The smallest absolute Gasteiger partial charge is 0.265 e. The molecule has 160 valence electrons. The number of anilines is 2. The largest absolute Gasteiger partial charge is 0.497 e. The molecule has 0 unspecified atom stereocenters. The number of carbonyl (C=O) groups excluding carboxylic acids is 1. The molecular weight excluding hydrogens is 416 g/mol. The third-order valence-corrected chi connectivity index (χ3v) is 5.69. The first-order valence-corrected chi connectivity index (χ1v) is 10.8. The SMILES string of the molecule is COc1ccc(NS(=O)(=O)c2cc(NC(=O)/C=C/c3ccccc3)ccc2OC)cc1. The third-order valence-electron chi connectivity index (χ3n) is 4.29. The van der Waals surface area contributed by atoms with Crippen LogP contribution >= 0.6 is 0 Å². The molecule has 0 aliphatic heterocycles. The molecule has 0 bridgehead atoms. The number of benzene rings is 3. The maximum Gasteiger partial charge on any atom is 0.265 e. The van der Waals surface area contributed by atoms with E-state index in [1.54, 1.807) is 36.4 Å². The molecule has 2 N–H and O–H groups in total. The number of nitrogens with one attached hydrogen (secondary N) is 2. The van der Waals surface area contributed by atoms with Gasteiger partial charge in [-0.3, -0.25) is 9.52 Å². The minimum atomic E-state index is -3.97. The van der Waals surface area contributed by atoms with E-state index in [2.05, 4.69) is 10.0 Å².